The number of likely N-dealkylation sites (tertiary alicyclic amines) is 1. The lowest BCUT2D eigenvalue weighted by Crippen LogP contribution is -2.46. The van der Waals surface area contributed by atoms with Gasteiger partial charge in [-0.05, 0) is 37.0 Å². The second kappa shape index (κ2) is 7.46. The van der Waals surface area contributed by atoms with Gasteiger partial charge in [0.15, 0.2) is 0 Å². The van der Waals surface area contributed by atoms with E-state index in [1.807, 2.05) is 35.2 Å². The van der Waals surface area contributed by atoms with Crippen molar-refractivity contribution in [2.24, 2.45) is 0 Å². The predicted molar refractivity (Wildman–Crippen MR) is 92.7 cm³/mol. The highest BCUT2D eigenvalue weighted by Gasteiger charge is 2.34. The molecular formula is C19H18ClN3O. The van der Waals surface area contributed by atoms with Crippen LogP contribution in [0.25, 0.3) is 0 Å². The van der Waals surface area contributed by atoms with Crippen molar-refractivity contribution in [3.8, 4) is 6.07 Å². The van der Waals surface area contributed by atoms with E-state index >= 15 is 0 Å². The first-order valence-corrected chi connectivity index (χ1v) is 8.45. The lowest BCUT2D eigenvalue weighted by molar-refractivity contribution is 0.0596. The molecule has 1 fully saturated rings. The predicted octanol–water partition coefficient (Wildman–Crippen LogP) is 4.04. The van der Waals surface area contributed by atoms with Crippen LogP contribution < -0.4 is 0 Å². The van der Waals surface area contributed by atoms with Crippen LogP contribution in [0.4, 0.5) is 0 Å². The third kappa shape index (κ3) is 3.42. The van der Waals surface area contributed by atoms with Crippen LogP contribution in [-0.4, -0.2) is 28.4 Å². The van der Waals surface area contributed by atoms with E-state index in [2.05, 4.69) is 11.1 Å². The largest absolute Gasteiger partial charge is 0.334 e. The van der Waals surface area contributed by atoms with Gasteiger partial charge in [0.25, 0.3) is 5.91 Å². The van der Waals surface area contributed by atoms with Crippen LogP contribution in [0.5, 0.6) is 0 Å². The van der Waals surface area contributed by atoms with Crippen molar-refractivity contribution in [3.63, 3.8) is 0 Å². The Bertz CT molecular complexity index is 757. The number of aromatic nitrogens is 1. The fraction of sp³-hybridized carbons (Fsp3) is 0.316. The molecule has 0 N–H and O–H groups in total. The highest BCUT2D eigenvalue weighted by atomic mass is 35.5. The molecule has 0 saturated carbocycles. The van der Waals surface area contributed by atoms with E-state index in [-0.39, 0.29) is 17.9 Å². The second-order valence-corrected chi connectivity index (χ2v) is 6.33. The summed E-state index contributed by atoms with van der Waals surface area (Å²) >= 11 is 5.92. The fourth-order valence-corrected chi connectivity index (χ4v) is 3.47. The van der Waals surface area contributed by atoms with Gasteiger partial charge in [0, 0.05) is 18.3 Å². The zero-order valence-electron chi connectivity index (χ0n) is 13.2. The van der Waals surface area contributed by atoms with E-state index in [0.29, 0.717) is 17.3 Å². The number of amides is 1. The van der Waals surface area contributed by atoms with Crippen molar-refractivity contribution >= 4 is 17.5 Å². The van der Waals surface area contributed by atoms with Crippen LogP contribution in [0.2, 0.25) is 5.15 Å². The molecule has 2 atom stereocenters. The summed E-state index contributed by atoms with van der Waals surface area (Å²) in [4.78, 5) is 18.7. The molecule has 0 radical (unpaired) electrons. The minimum Gasteiger partial charge on any atom is -0.334 e. The third-order valence-electron chi connectivity index (χ3n) is 4.47. The van der Waals surface area contributed by atoms with Gasteiger partial charge in [-0.1, -0.05) is 41.9 Å². The molecule has 2 heterocycles. The number of hydrogen-bond acceptors (Lipinski definition) is 3. The van der Waals surface area contributed by atoms with Gasteiger partial charge in [-0.15, -0.1) is 0 Å². The van der Waals surface area contributed by atoms with Crippen LogP contribution in [0.3, 0.4) is 0 Å². The Labute approximate surface area is 146 Å². The molecule has 0 bridgehead atoms. The maximum absolute atomic E-state index is 12.9. The highest BCUT2D eigenvalue weighted by molar-refractivity contribution is 6.29. The molecule has 1 saturated heterocycles. The molecule has 3 rings (SSSR count). The standard InChI is InChI=1S/C19H18ClN3O/c20-18-12-15(9-10-22-18)19(24)23-11-5-4-8-17(23)16(13-21)14-6-2-1-3-7-14/h1-3,6-7,9-10,12,16-17H,4-5,8,11H2/t16-,17-/m1/s1. The van der Waals surface area contributed by atoms with Gasteiger partial charge in [0.05, 0.1) is 18.0 Å². The van der Waals surface area contributed by atoms with Crippen molar-refractivity contribution in [3.05, 3.63) is 64.9 Å². The normalized spacial score (nSPS) is 18.7. The van der Waals surface area contributed by atoms with Crippen LogP contribution in [0, 0.1) is 11.3 Å². The number of nitriles is 1. The van der Waals surface area contributed by atoms with E-state index in [1.54, 1.807) is 12.1 Å². The van der Waals surface area contributed by atoms with Gasteiger partial charge < -0.3 is 4.90 Å². The molecule has 1 amide bonds. The first-order valence-electron chi connectivity index (χ1n) is 8.08. The van der Waals surface area contributed by atoms with E-state index in [4.69, 9.17) is 11.6 Å². The summed E-state index contributed by atoms with van der Waals surface area (Å²) in [5, 5.41) is 10.0. The van der Waals surface area contributed by atoms with Crippen molar-refractivity contribution in [1.82, 2.24) is 9.88 Å². The highest BCUT2D eigenvalue weighted by Crippen LogP contribution is 2.31. The summed E-state index contributed by atoms with van der Waals surface area (Å²) in [6, 6.07) is 15.2. The summed E-state index contributed by atoms with van der Waals surface area (Å²) in [6.07, 6.45) is 4.34. The monoisotopic (exact) mass is 339 g/mol. The Morgan fingerprint density at radius 2 is 2.08 bits per heavy atom. The van der Waals surface area contributed by atoms with Crippen LogP contribution in [-0.2, 0) is 0 Å². The lowest BCUT2D eigenvalue weighted by Gasteiger charge is -2.38. The number of halogens is 1. The first kappa shape index (κ1) is 16.5. The van der Waals surface area contributed by atoms with Crippen molar-refractivity contribution < 1.29 is 4.79 Å². The topological polar surface area (TPSA) is 57.0 Å². The summed E-state index contributed by atoms with van der Waals surface area (Å²) in [5.74, 6) is -0.409. The number of nitrogens with zero attached hydrogens (tertiary/aromatic N) is 3. The molecule has 122 valence electrons. The first-order chi connectivity index (χ1) is 11.7. The molecule has 24 heavy (non-hydrogen) atoms. The molecule has 5 heteroatoms. The quantitative estimate of drug-likeness (QED) is 0.793. The molecule has 1 aliphatic heterocycles. The van der Waals surface area contributed by atoms with Crippen molar-refractivity contribution in [1.29, 1.82) is 5.26 Å². The van der Waals surface area contributed by atoms with Crippen LogP contribution in [0.15, 0.2) is 48.7 Å². The van der Waals surface area contributed by atoms with E-state index in [1.165, 1.54) is 6.20 Å². The molecule has 1 aliphatic rings. The maximum atomic E-state index is 12.9. The molecule has 1 aromatic carbocycles. The Morgan fingerprint density at radius 1 is 1.29 bits per heavy atom. The number of pyridine rings is 1. The minimum absolute atomic E-state index is 0.0832. The van der Waals surface area contributed by atoms with Gasteiger partial charge in [-0.25, -0.2) is 4.98 Å². The number of rotatable bonds is 3. The van der Waals surface area contributed by atoms with Gasteiger partial charge in [0.2, 0.25) is 0 Å². The van der Waals surface area contributed by atoms with Gasteiger partial charge in [-0.3, -0.25) is 4.79 Å². The average molecular weight is 340 g/mol. The third-order valence-corrected chi connectivity index (χ3v) is 4.67. The number of hydrogen-bond donors (Lipinski definition) is 0. The Hall–Kier alpha value is -2.38. The van der Waals surface area contributed by atoms with Crippen molar-refractivity contribution in [2.75, 3.05) is 6.54 Å². The molecule has 4 nitrogen and oxygen atoms in total. The summed E-state index contributed by atoms with van der Waals surface area (Å²) in [6.45, 7) is 0.661. The van der Waals surface area contributed by atoms with E-state index < -0.39 is 0 Å². The Morgan fingerprint density at radius 3 is 2.79 bits per heavy atom. The zero-order valence-corrected chi connectivity index (χ0v) is 14.0. The molecular weight excluding hydrogens is 322 g/mol. The maximum Gasteiger partial charge on any atom is 0.254 e. The number of carbonyl (C=O) groups is 1. The van der Waals surface area contributed by atoms with Crippen molar-refractivity contribution in [2.45, 2.75) is 31.2 Å². The Kier molecular flexibility index (Phi) is 5.12. The Balaban J connectivity index is 1.91. The molecule has 2 aromatic rings. The van der Waals surface area contributed by atoms with E-state index in [9.17, 15) is 10.1 Å². The molecule has 0 spiro atoms. The average Bonchev–Trinajstić information content (AvgIpc) is 2.63. The smallest absolute Gasteiger partial charge is 0.254 e. The summed E-state index contributed by atoms with van der Waals surface area (Å²) in [5.41, 5.74) is 1.48. The summed E-state index contributed by atoms with van der Waals surface area (Å²) in [7, 11) is 0. The molecule has 0 unspecified atom stereocenters. The zero-order chi connectivity index (χ0) is 16.9. The van der Waals surface area contributed by atoms with Gasteiger partial charge >= 0.3 is 0 Å². The summed E-state index contributed by atoms with van der Waals surface area (Å²) < 4.78 is 0. The van der Waals surface area contributed by atoms with Gasteiger partial charge in [0.1, 0.15) is 5.15 Å². The number of carbonyl (C=O) groups excluding carboxylic acids is 1. The fourth-order valence-electron chi connectivity index (χ4n) is 3.30. The second-order valence-electron chi connectivity index (χ2n) is 5.95. The SMILES string of the molecule is N#C[C@H](c1ccccc1)[C@H]1CCCCN1C(=O)c1ccnc(Cl)c1. The van der Waals surface area contributed by atoms with Crippen LogP contribution >= 0.6 is 11.6 Å². The number of piperidine rings is 1. The lowest BCUT2D eigenvalue weighted by atomic mass is 9.86. The minimum atomic E-state index is -0.326. The van der Waals surface area contributed by atoms with E-state index in [0.717, 1.165) is 24.8 Å². The number of benzene rings is 1. The van der Waals surface area contributed by atoms with Gasteiger partial charge in [-0.2, -0.15) is 5.26 Å². The molecule has 1 aromatic heterocycles. The molecule has 0 aliphatic carbocycles. The van der Waals surface area contributed by atoms with Crippen LogP contribution in [0.1, 0.15) is 41.1 Å².